The molecule has 0 fully saturated rings. The van der Waals surface area contributed by atoms with E-state index >= 15 is 0 Å². The molecule has 0 saturated carbocycles. The number of ketones is 1. The Labute approximate surface area is 161 Å². The van der Waals surface area contributed by atoms with Crippen LogP contribution in [0.3, 0.4) is 0 Å². The third-order valence-corrected chi connectivity index (χ3v) is 4.57. The first kappa shape index (κ1) is 19.4. The number of rotatable bonds is 8. The summed E-state index contributed by atoms with van der Waals surface area (Å²) in [6, 6.07) is 7.85. The van der Waals surface area contributed by atoms with E-state index in [1.54, 1.807) is 19.2 Å². The topological polar surface area (TPSA) is 105 Å². The summed E-state index contributed by atoms with van der Waals surface area (Å²) >= 11 is 0. The summed E-state index contributed by atoms with van der Waals surface area (Å²) in [7, 11) is 1.65. The van der Waals surface area contributed by atoms with Gasteiger partial charge in [0.05, 0.1) is 11.5 Å². The monoisotopic (exact) mass is 383 g/mol. The third-order valence-electron chi connectivity index (χ3n) is 4.57. The molecule has 1 aromatic carbocycles. The van der Waals surface area contributed by atoms with E-state index in [4.69, 9.17) is 4.74 Å². The number of aryl methyl sites for hydroxylation is 1. The molecule has 0 aliphatic heterocycles. The lowest BCUT2D eigenvalue weighted by Gasteiger charge is -2.08. The highest BCUT2D eigenvalue weighted by atomic mass is 16.6. The van der Waals surface area contributed by atoms with Crippen LogP contribution in [0.25, 0.3) is 11.4 Å². The van der Waals surface area contributed by atoms with E-state index in [1.165, 1.54) is 23.1 Å². The number of methoxy groups -OCH3 is 1. The van der Waals surface area contributed by atoms with Gasteiger partial charge >= 0.3 is 0 Å². The molecule has 3 aromatic rings. The maximum Gasteiger partial charge on any atom is 0.269 e. The number of non-ortho nitro benzene ring substituents is 1. The number of benzene rings is 1. The number of carbonyl (C=O) groups excluding carboxylic acids is 1. The van der Waals surface area contributed by atoms with Crippen molar-refractivity contribution in [3.63, 3.8) is 0 Å². The molecule has 9 heteroatoms. The smallest absolute Gasteiger partial charge is 0.269 e. The molecule has 0 spiro atoms. The number of Topliss-reactive ketones (excluding diaryl/α,β-unsaturated/α-hetero) is 1. The fourth-order valence-electron chi connectivity index (χ4n) is 3.08. The quantitative estimate of drug-likeness (QED) is 0.336. The molecule has 3 rings (SSSR count). The first-order valence-corrected chi connectivity index (χ1v) is 8.74. The molecule has 0 saturated heterocycles. The van der Waals surface area contributed by atoms with Gasteiger partial charge in [0.2, 0.25) is 0 Å². The number of hydrogen-bond donors (Lipinski definition) is 0. The number of nitro groups is 1. The molecule has 0 radical (unpaired) electrons. The second kappa shape index (κ2) is 8.13. The highest BCUT2D eigenvalue weighted by Crippen LogP contribution is 2.20. The number of nitrogens with zero attached hydrogens (tertiary/aromatic N) is 5. The second-order valence-electron chi connectivity index (χ2n) is 6.42. The number of hydrogen-bond acceptors (Lipinski definition) is 6. The fraction of sp³-hybridized carbons (Fsp3) is 0.316. The Balaban J connectivity index is 1.74. The minimum absolute atomic E-state index is 0.00203. The molecule has 2 aromatic heterocycles. The average molecular weight is 383 g/mol. The van der Waals surface area contributed by atoms with Crippen LogP contribution in [0.1, 0.15) is 21.7 Å². The number of nitro benzene ring substituents is 1. The SMILES string of the molecule is COCCn1c(C)cc(C(=O)Cn2cnc(-c3ccc([N+](=O)[O-])cc3)n2)c1C. The van der Waals surface area contributed by atoms with Crippen molar-refractivity contribution in [2.24, 2.45) is 0 Å². The molecule has 9 nitrogen and oxygen atoms in total. The molecular formula is C19H21N5O4. The first-order valence-electron chi connectivity index (χ1n) is 8.74. The Morgan fingerprint density at radius 1 is 1.25 bits per heavy atom. The lowest BCUT2D eigenvalue weighted by Crippen LogP contribution is -2.13. The molecule has 0 N–H and O–H groups in total. The van der Waals surface area contributed by atoms with Crippen LogP contribution in [0.5, 0.6) is 0 Å². The minimum Gasteiger partial charge on any atom is -0.383 e. The van der Waals surface area contributed by atoms with Gasteiger partial charge in [0.1, 0.15) is 12.9 Å². The van der Waals surface area contributed by atoms with E-state index in [0.29, 0.717) is 30.1 Å². The van der Waals surface area contributed by atoms with Gasteiger partial charge in [-0.15, -0.1) is 0 Å². The Hall–Kier alpha value is -3.33. The van der Waals surface area contributed by atoms with Gasteiger partial charge in [-0.3, -0.25) is 14.9 Å². The van der Waals surface area contributed by atoms with Gasteiger partial charge in [0.25, 0.3) is 5.69 Å². The minimum atomic E-state index is -0.461. The average Bonchev–Trinajstić information content (AvgIpc) is 3.25. The summed E-state index contributed by atoms with van der Waals surface area (Å²) in [6.45, 7) is 5.20. The van der Waals surface area contributed by atoms with Crippen LogP contribution >= 0.6 is 0 Å². The summed E-state index contributed by atoms with van der Waals surface area (Å²) in [5, 5.41) is 15.1. The van der Waals surface area contributed by atoms with Crippen molar-refractivity contribution in [1.29, 1.82) is 0 Å². The van der Waals surface area contributed by atoms with Crippen molar-refractivity contribution >= 4 is 11.5 Å². The van der Waals surface area contributed by atoms with Crippen LogP contribution in [0, 0.1) is 24.0 Å². The highest BCUT2D eigenvalue weighted by molar-refractivity contribution is 5.97. The molecule has 28 heavy (non-hydrogen) atoms. The summed E-state index contributed by atoms with van der Waals surface area (Å²) in [5.74, 6) is 0.352. The van der Waals surface area contributed by atoms with E-state index in [-0.39, 0.29) is 18.0 Å². The van der Waals surface area contributed by atoms with Gasteiger partial charge < -0.3 is 9.30 Å². The van der Waals surface area contributed by atoms with Crippen molar-refractivity contribution in [3.05, 3.63) is 63.7 Å². The van der Waals surface area contributed by atoms with Gasteiger partial charge in [-0.25, -0.2) is 9.67 Å². The van der Waals surface area contributed by atoms with E-state index in [2.05, 4.69) is 14.6 Å². The summed E-state index contributed by atoms with van der Waals surface area (Å²) in [5.41, 5.74) is 3.20. The zero-order chi connectivity index (χ0) is 20.3. The Bertz CT molecular complexity index is 1000. The van der Waals surface area contributed by atoms with Crippen molar-refractivity contribution in [2.45, 2.75) is 26.9 Å². The highest BCUT2D eigenvalue weighted by Gasteiger charge is 2.17. The maximum absolute atomic E-state index is 12.7. The summed E-state index contributed by atoms with van der Waals surface area (Å²) in [4.78, 5) is 27.2. The predicted octanol–water partition coefficient (Wildman–Crippen LogP) is 2.80. The van der Waals surface area contributed by atoms with Crippen LogP contribution in [0.2, 0.25) is 0 Å². The molecule has 0 amide bonds. The van der Waals surface area contributed by atoms with Crippen LogP contribution in [-0.2, 0) is 17.8 Å². The normalized spacial score (nSPS) is 11.0. The fourth-order valence-corrected chi connectivity index (χ4v) is 3.08. The van der Waals surface area contributed by atoms with Crippen molar-refractivity contribution in [2.75, 3.05) is 13.7 Å². The predicted molar refractivity (Wildman–Crippen MR) is 102 cm³/mol. The van der Waals surface area contributed by atoms with E-state index in [0.717, 1.165) is 11.4 Å². The molecule has 0 atom stereocenters. The maximum atomic E-state index is 12.7. The zero-order valence-corrected chi connectivity index (χ0v) is 16.0. The van der Waals surface area contributed by atoms with Crippen LogP contribution < -0.4 is 0 Å². The Kier molecular flexibility index (Phi) is 5.65. The zero-order valence-electron chi connectivity index (χ0n) is 16.0. The molecule has 0 aliphatic carbocycles. The number of aromatic nitrogens is 4. The number of ether oxygens (including phenoxy) is 1. The second-order valence-corrected chi connectivity index (χ2v) is 6.42. The summed E-state index contributed by atoms with van der Waals surface area (Å²) < 4.78 is 8.65. The Morgan fingerprint density at radius 3 is 2.61 bits per heavy atom. The summed E-state index contributed by atoms with van der Waals surface area (Å²) in [6.07, 6.45) is 1.48. The van der Waals surface area contributed by atoms with Gasteiger partial charge in [-0.1, -0.05) is 0 Å². The van der Waals surface area contributed by atoms with Crippen LogP contribution in [-0.4, -0.2) is 43.8 Å². The van der Waals surface area contributed by atoms with Gasteiger partial charge in [-0.05, 0) is 32.0 Å². The van der Waals surface area contributed by atoms with E-state index < -0.39 is 4.92 Å². The molecule has 2 heterocycles. The van der Waals surface area contributed by atoms with Gasteiger partial charge in [0, 0.05) is 48.3 Å². The van der Waals surface area contributed by atoms with Crippen molar-refractivity contribution in [1.82, 2.24) is 19.3 Å². The third kappa shape index (κ3) is 3.99. The van der Waals surface area contributed by atoms with Crippen molar-refractivity contribution < 1.29 is 14.5 Å². The van der Waals surface area contributed by atoms with E-state index in [1.807, 2.05) is 19.9 Å². The largest absolute Gasteiger partial charge is 0.383 e. The first-order chi connectivity index (χ1) is 13.4. The number of carbonyl (C=O) groups is 1. The molecule has 0 unspecified atom stereocenters. The lowest BCUT2D eigenvalue weighted by molar-refractivity contribution is -0.384. The molecule has 146 valence electrons. The molecule has 0 aliphatic rings. The van der Waals surface area contributed by atoms with Gasteiger partial charge in [-0.2, -0.15) is 5.10 Å². The Morgan fingerprint density at radius 2 is 1.96 bits per heavy atom. The molecule has 0 bridgehead atoms. The van der Waals surface area contributed by atoms with Crippen LogP contribution in [0.4, 0.5) is 5.69 Å². The standard InChI is InChI=1S/C19H21N5O4/c1-13-10-17(14(2)23(13)8-9-28-3)18(25)11-22-12-20-19(21-22)15-4-6-16(7-5-15)24(26)27/h4-7,10,12H,8-9,11H2,1-3H3. The van der Waals surface area contributed by atoms with Crippen LogP contribution in [0.15, 0.2) is 36.7 Å². The van der Waals surface area contributed by atoms with Crippen molar-refractivity contribution in [3.8, 4) is 11.4 Å². The van der Waals surface area contributed by atoms with E-state index in [9.17, 15) is 14.9 Å². The van der Waals surface area contributed by atoms with Gasteiger partial charge in [0.15, 0.2) is 11.6 Å². The lowest BCUT2D eigenvalue weighted by atomic mass is 10.1. The molecular weight excluding hydrogens is 362 g/mol.